The number of hydrogen-bond donors (Lipinski definition) is 1. The molecule has 98 valence electrons. The lowest BCUT2D eigenvalue weighted by molar-refractivity contribution is -0.128. The smallest absolute Gasteiger partial charge is 0.217 e. The first kappa shape index (κ1) is 14.4. The topological polar surface area (TPSA) is 46.2 Å². The maximum atomic E-state index is 12.2. The van der Waals surface area contributed by atoms with Crippen molar-refractivity contribution in [1.29, 1.82) is 0 Å². The van der Waals surface area contributed by atoms with E-state index in [0.29, 0.717) is 6.42 Å². The lowest BCUT2D eigenvalue weighted by Gasteiger charge is -2.20. The molecular formula is C15H21NO2. The number of carbonyl (C=O) groups is 2. The molecule has 0 aliphatic carbocycles. The molecule has 0 saturated carbocycles. The van der Waals surface area contributed by atoms with Gasteiger partial charge in [-0.05, 0) is 18.4 Å². The fourth-order valence-corrected chi connectivity index (χ4v) is 1.86. The summed E-state index contributed by atoms with van der Waals surface area (Å²) in [5.41, 5.74) is 1.06. The zero-order chi connectivity index (χ0) is 13.5. The number of rotatable bonds is 6. The summed E-state index contributed by atoms with van der Waals surface area (Å²) in [7, 11) is 0. The summed E-state index contributed by atoms with van der Waals surface area (Å²) >= 11 is 0. The Morgan fingerprint density at radius 1 is 1.22 bits per heavy atom. The second-order valence-corrected chi connectivity index (χ2v) is 4.65. The van der Waals surface area contributed by atoms with Gasteiger partial charge in [0, 0.05) is 12.8 Å². The average molecular weight is 247 g/mol. The van der Waals surface area contributed by atoms with E-state index in [0.717, 1.165) is 12.0 Å². The highest BCUT2D eigenvalue weighted by molar-refractivity contribution is 5.90. The molecule has 0 aliphatic rings. The average Bonchev–Trinajstić information content (AvgIpc) is 2.37. The van der Waals surface area contributed by atoms with Crippen molar-refractivity contribution < 1.29 is 9.59 Å². The van der Waals surface area contributed by atoms with Gasteiger partial charge in [-0.1, -0.05) is 44.2 Å². The van der Waals surface area contributed by atoms with Crippen LogP contribution < -0.4 is 5.32 Å². The van der Waals surface area contributed by atoms with Crippen LogP contribution >= 0.6 is 0 Å². The van der Waals surface area contributed by atoms with Gasteiger partial charge in [-0.3, -0.25) is 9.59 Å². The van der Waals surface area contributed by atoms with E-state index in [1.54, 1.807) is 0 Å². The van der Waals surface area contributed by atoms with Gasteiger partial charge >= 0.3 is 0 Å². The van der Waals surface area contributed by atoms with Crippen LogP contribution in [0.4, 0.5) is 0 Å². The van der Waals surface area contributed by atoms with E-state index in [2.05, 4.69) is 5.32 Å². The van der Waals surface area contributed by atoms with Crippen LogP contribution in [0.2, 0.25) is 0 Å². The van der Waals surface area contributed by atoms with Gasteiger partial charge in [0.2, 0.25) is 5.91 Å². The molecule has 0 radical (unpaired) electrons. The fraction of sp³-hybridized carbons (Fsp3) is 0.467. The summed E-state index contributed by atoms with van der Waals surface area (Å²) in [5, 5.41) is 2.75. The normalized spacial score (nSPS) is 13.7. The summed E-state index contributed by atoms with van der Waals surface area (Å²) in [5.74, 6) is -0.0744. The number of carbonyl (C=O) groups excluding carboxylic acids is 2. The van der Waals surface area contributed by atoms with Crippen molar-refractivity contribution in [2.75, 3.05) is 0 Å². The maximum Gasteiger partial charge on any atom is 0.217 e. The zero-order valence-corrected chi connectivity index (χ0v) is 11.3. The van der Waals surface area contributed by atoms with Crippen molar-refractivity contribution in [2.45, 2.75) is 39.7 Å². The molecule has 3 nitrogen and oxygen atoms in total. The minimum atomic E-state index is -0.417. The van der Waals surface area contributed by atoms with E-state index in [1.165, 1.54) is 6.92 Å². The highest BCUT2D eigenvalue weighted by Crippen LogP contribution is 2.11. The van der Waals surface area contributed by atoms with Crippen LogP contribution in [0.5, 0.6) is 0 Å². The van der Waals surface area contributed by atoms with Gasteiger partial charge in [-0.25, -0.2) is 0 Å². The predicted molar refractivity (Wildman–Crippen MR) is 72.2 cm³/mol. The first-order chi connectivity index (χ1) is 8.54. The van der Waals surface area contributed by atoms with E-state index in [1.807, 2.05) is 44.2 Å². The minimum Gasteiger partial charge on any atom is -0.346 e. The molecule has 0 aliphatic heterocycles. The van der Waals surface area contributed by atoms with Gasteiger partial charge < -0.3 is 5.32 Å². The molecule has 1 amide bonds. The van der Waals surface area contributed by atoms with E-state index in [4.69, 9.17) is 0 Å². The van der Waals surface area contributed by atoms with Gasteiger partial charge in [0.1, 0.15) is 0 Å². The molecule has 0 saturated heterocycles. The number of ketones is 1. The van der Waals surface area contributed by atoms with E-state index in [-0.39, 0.29) is 17.6 Å². The lowest BCUT2D eigenvalue weighted by Crippen LogP contribution is -2.43. The Hall–Kier alpha value is -1.64. The molecule has 0 heterocycles. The van der Waals surface area contributed by atoms with Crippen molar-refractivity contribution in [2.24, 2.45) is 5.92 Å². The minimum absolute atomic E-state index is 0.0226. The quantitative estimate of drug-likeness (QED) is 0.838. The summed E-state index contributed by atoms with van der Waals surface area (Å²) < 4.78 is 0. The molecule has 0 aromatic heterocycles. The molecule has 2 atom stereocenters. The van der Waals surface area contributed by atoms with Crippen molar-refractivity contribution in [3.8, 4) is 0 Å². The van der Waals surface area contributed by atoms with Crippen LogP contribution in [-0.4, -0.2) is 17.7 Å². The third kappa shape index (κ3) is 4.32. The standard InChI is InChI=1S/C15H21NO2/c1-4-11(2)15(18)14(16-12(3)17)10-13-8-6-5-7-9-13/h5-9,11,14H,4,10H2,1-3H3,(H,16,17). The Labute approximate surface area is 109 Å². The first-order valence-corrected chi connectivity index (χ1v) is 6.39. The molecule has 1 N–H and O–H groups in total. The molecule has 0 spiro atoms. The summed E-state index contributed by atoms with van der Waals surface area (Å²) in [6.07, 6.45) is 1.35. The van der Waals surface area contributed by atoms with Crippen LogP contribution in [0.15, 0.2) is 30.3 Å². The summed E-state index contributed by atoms with van der Waals surface area (Å²) in [6, 6.07) is 9.34. The van der Waals surface area contributed by atoms with Crippen molar-refractivity contribution in [3.05, 3.63) is 35.9 Å². The summed E-state index contributed by atoms with van der Waals surface area (Å²) in [6.45, 7) is 5.33. The maximum absolute atomic E-state index is 12.2. The molecule has 18 heavy (non-hydrogen) atoms. The van der Waals surface area contributed by atoms with Crippen molar-refractivity contribution in [3.63, 3.8) is 0 Å². The third-order valence-corrected chi connectivity index (χ3v) is 3.10. The van der Waals surface area contributed by atoms with Crippen LogP contribution in [0.25, 0.3) is 0 Å². The molecule has 3 heteroatoms. The second-order valence-electron chi connectivity index (χ2n) is 4.65. The van der Waals surface area contributed by atoms with Gasteiger partial charge in [-0.15, -0.1) is 0 Å². The Morgan fingerprint density at radius 2 is 1.83 bits per heavy atom. The third-order valence-electron chi connectivity index (χ3n) is 3.10. The first-order valence-electron chi connectivity index (χ1n) is 6.39. The molecule has 1 aromatic carbocycles. The van der Waals surface area contributed by atoms with Crippen LogP contribution in [0.3, 0.4) is 0 Å². The highest BCUT2D eigenvalue weighted by Gasteiger charge is 2.23. The summed E-state index contributed by atoms with van der Waals surface area (Å²) in [4.78, 5) is 23.4. The Kier molecular flexibility index (Phi) is 5.56. The molecule has 0 bridgehead atoms. The Bertz CT molecular complexity index is 400. The van der Waals surface area contributed by atoms with Crippen molar-refractivity contribution in [1.82, 2.24) is 5.32 Å². The van der Waals surface area contributed by atoms with Crippen molar-refractivity contribution >= 4 is 11.7 Å². The lowest BCUT2D eigenvalue weighted by atomic mass is 9.93. The molecular weight excluding hydrogens is 226 g/mol. The fourth-order valence-electron chi connectivity index (χ4n) is 1.86. The van der Waals surface area contributed by atoms with Crippen LogP contribution in [0.1, 0.15) is 32.8 Å². The number of nitrogens with one attached hydrogen (secondary N) is 1. The van der Waals surface area contributed by atoms with Crippen LogP contribution in [0, 0.1) is 5.92 Å². The largest absolute Gasteiger partial charge is 0.346 e. The second kappa shape index (κ2) is 6.94. The molecule has 1 aromatic rings. The monoisotopic (exact) mass is 247 g/mol. The number of Topliss-reactive ketones (excluding diaryl/α,β-unsaturated/α-hetero) is 1. The highest BCUT2D eigenvalue weighted by atomic mass is 16.2. The number of benzene rings is 1. The van der Waals surface area contributed by atoms with E-state index < -0.39 is 6.04 Å². The number of amides is 1. The van der Waals surface area contributed by atoms with Gasteiger partial charge in [-0.2, -0.15) is 0 Å². The van der Waals surface area contributed by atoms with Gasteiger partial charge in [0.25, 0.3) is 0 Å². The van der Waals surface area contributed by atoms with Gasteiger partial charge in [0.05, 0.1) is 6.04 Å². The number of hydrogen-bond acceptors (Lipinski definition) is 2. The Balaban J connectivity index is 2.78. The van der Waals surface area contributed by atoms with Crippen LogP contribution in [-0.2, 0) is 16.0 Å². The van der Waals surface area contributed by atoms with E-state index in [9.17, 15) is 9.59 Å². The molecule has 0 fully saturated rings. The Morgan fingerprint density at radius 3 is 2.33 bits per heavy atom. The predicted octanol–water partition coefficient (Wildman–Crippen LogP) is 2.35. The molecule has 1 rings (SSSR count). The van der Waals surface area contributed by atoms with Gasteiger partial charge in [0.15, 0.2) is 5.78 Å². The SMILES string of the molecule is CCC(C)C(=O)C(Cc1ccccc1)NC(C)=O. The molecule has 2 unspecified atom stereocenters. The van der Waals surface area contributed by atoms with E-state index >= 15 is 0 Å². The zero-order valence-electron chi connectivity index (χ0n) is 11.3.